The number of hydrogen-bond donors (Lipinski definition) is 3. The number of nitrogens with two attached hydrogens (primary N) is 2. The molecule has 0 aliphatic heterocycles. The minimum atomic E-state index is 0.621. The quantitative estimate of drug-likeness (QED) is 0.497. The smallest absolute Gasteiger partial charge is 0.0553 e. The Morgan fingerprint density at radius 1 is 0.864 bits per heavy atom. The van der Waals surface area contributed by atoms with Gasteiger partial charge in [-0.15, -0.1) is 0 Å². The van der Waals surface area contributed by atoms with Crippen LogP contribution < -0.4 is 11.5 Å². The van der Waals surface area contributed by atoms with E-state index < -0.39 is 0 Å². The van der Waals surface area contributed by atoms with Gasteiger partial charge in [-0.2, -0.15) is 5.10 Å². The molecular formula is C18H20N4. The van der Waals surface area contributed by atoms with Crippen molar-refractivity contribution in [1.29, 1.82) is 0 Å². The van der Waals surface area contributed by atoms with Gasteiger partial charge in [0, 0.05) is 11.9 Å². The van der Waals surface area contributed by atoms with Gasteiger partial charge in [0.1, 0.15) is 0 Å². The molecule has 112 valence electrons. The van der Waals surface area contributed by atoms with Crippen molar-refractivity contribution in [2.45, 2.75) is 6.92 Å². The molecule has 0 atom stereocenters. The Morgan fingerprint density at radius 2 is 1.59 bits per heavy atom. The zero-order valence-corrected chi connectivity index (χ0v) is 12.5. The van der Waals surface area contributed by atoms with Gasteiger partial charge in [0.05, 0.1) is 11.4 Å². The summed E-state index contributed by atoms with van der Waals surface area (Å²) in [7, 11) is 0. The SMILES string of the molecule is Cc1ccn[nH]1.Nc1ccc(C=Cc2ccccc2)cc1N. The summed E-state index contributed by atoms with van der Waals surface area (Å²) in [6.07, 6.45) is 5.80. The molecule has 22 heavy (non-hydrogen) atoms. The number of nitrogens with one attached hydrogen (secondary N) is 1. The van der Waals surface area contributed by atoms with Gasteiger partial charge in [-0.25, -0.2) is 0 Å². The first-order chi connectivity index (χ1) is 10.6. The monoisotopic (exact) mass is 292 g/mol. The fraction of sp³-hybridized carbons (Fsp3) is 0.0556. The van der Waals surface area contributed by atoms with Crippen LogP contribution in [0.5, 0.6) is 0 Å². The molecule has 1 heterocycles. The molecule has 0 saturated carbocycles. The number of anilines is 2. The molecule has 0 spiro atoms. The van der Waals surface area contributed by atoms with E-state index in [9.17, 15) is 0 Å². The number of rotatable bonds is 2. The van der Waals surface area contributed by atoms with Crippen LogP contribution in [0.2, 0.25) is 0 Å². The molecule has 0 unspecified atom stereocenters. The van der Waals surface area contributed by atoms with E-state index in [1.807, 2.05) is 61.5 Å². The molecule has 3 aromatic rings. The maximum Gasteiger partial charge on any atom is 0.0553 e. The van der Waals surface area contributed by atoms with Crippen LogP contribution in [0.3, 0.4) is 0 Å². The molecule has 0 fully saturated rings. The Morgan fingerprint density at radius 3 is 2.14 bits per heavy atom. The Bertz CT molecular complexity index is 716. The van der Waals surface area contributed by atoms with Gasteiger partial charge in [-0.05, 0) is 36.2 Å². The molecule has 0 amide bonds. The Hall–Kier alpha value is -3.01. The maximum absolute atomic E-state index is 5.73. The highest BCUT2D eigenvalue weighted by molar-refractivity contribution is 5.74. The van der Waals surface area contributed by atoms with Crippen molar-refractivity contribution in [3.8, 4) is 0 Å². The highest BCUT2D eigenvalue weighted by Gasteiger charge is 1.93. The summed E-state index contributed by atoms with van der Waals surface area (Å²) < 4.78 is 0. The van der Waals surface area contributed by atoms with E-state index in [0.29, 0.717) is 11.4 Å². The van der Waals surface area contributed by atoms with Crippen LogP contribution in [-0.2, 0) is 0 Å². The minimum absolute atomic E-state index is 0.621. The predicted octanol–water partition coefficient (Wildman–Crippen LogP) is 3.74. The second-order valence-corrected chi connectivity index (χ2v) is 4.87. The van der Waals surface area contributed by atoms with Crippen molar-refractivity contribution in [2.75, 3.05) is 11.5 Å². The maximum atomic E-state index is 5.73. The van der Waals surface area contributed by atoms with Crippen LogP contribution in [0.15, 0.2) is 60.8 Å². The highest BCUT2D eigenvalue weighted by atomic mass is 15.1. The standard InChI is InChI=1S/C14H14N2.C4H6N2/c15-13-9-8-12(10-14(13)16)7-6-11-4-2-1-3-5-11;1-4-2-3-5-6-4/h1-10H,15-16H2;2-3H,1H3,(H,5,6). The first-order valence-corrected chi connectivity index (χ1v) is 6.99. The second kappa shape index (κ2) is 7.69. The Labute approximate surface area is 130 Å². The molecule has 0 bridgehead atoms. The van der Waals surface area contributed by atoms with Gasteiger partial charge in [0.25, 0.3) is 0 Å². The van der Waals surface area contributed by atoms with Crippen LogP contribution in [0, 0.1) is 6.92 Å². The van der Waals surface area contributed by atoms with Crippen molar-refractivity contribution in [1.82, 2.24) is 10.2 Å². The molecule has 0 aliphatic rings. The molecule has 0 aliphatic carbocycles. The van der Waals surface area contributed by atoms with E-state index in [-0.39, 0.29) is 0 Å². The first-order valence-electron chi connectivity index (χ1n) is 6.99. The lowest BCUT2D eigenvalue weighted by Gasteiger charge is -2.00. The van der Waals surface area contributed by atoms with Crippen LogP contribution in [0.1, 0.15) is 16.8 Å². The lowest BCUT2D eigenvalue weighted by molar-refractivity contribution is 1.05. The number of aryl methyl sites for hydroxylation is 1. The van der Waals surface area contributed by atoms with Crippen molar-refractivity contribution in [3.05, 3.63) is 77.6 Å². The van der Waals surface area contributed by atoms with Gasteiger partial charge < -0.3 is 11.5 Å². The molecule has 0 saturated heterocycles. The van der Waals surface area contributed by atoms with Crippen molar-refractivity contribution in [3.63, 3.8) is 0 Å². The highest BCUT2D eigenvalue weighted by Crippen LogP contribution is 2.17. The van der Waals surface area contributed by atoms with E-state index >= 15 is 0 Å². The number of nitrogen functional groups attached to an aromatic ring is 2. The zero-order valence-electron chi connectivity index (χ0n) is 12.5. The number of aromatic amines is 1. The van der Waals surface area contributed by atoms with Crippen LogP contribution in [0.4, 0.5) is 11.4 Å². The number of nitrogens with zero attached hydrogens (tertiary/aromatic N) is 1. The average Bonchev–Trinajstić information content (AvgIpc) is 3.01. The van der Waals surface area contributed by atoms with Crippen LogP contribution in [0.25, 0.3) is 12.2 Å². The van der Waals surface area contributed by atoms with E-state index in [2.05, 4.69) is 22.3 Å². The van der Waals surface area contributed by atoms with Gasteiger partial charge in [-0.1, -0.05) is 48.6 Å². The molecule has 0 radical (unpaired) electrons. The van der Waals surface area contributed by atoms with Gasteiger partial charge in [-0.3, -0.25) is 5.10 Å². The zero-order chi connectivity index (χ0) is 15.8. The van der Waals surface area contributed by atoms with Gasteiger partial charge in [0.2, 0.25) is 0 Å². The number of hydrogen-bond acceptors (Lipinski definition) is 3. The van der Waals surface area contributed by atoms with E-state index in [1.54, 1.807) is 6.20 Å². The summed E-state index contributed by atoms with van der Waals surface area (Å²) in [5.74, 6) is 0. The summed E-state index contributed by atoms with van der Waals surface area (Å²) in [6, 6.07) is 17.7. The summed E-state index contributed by atoms with van der Waals surface area (Å²) in [6.45, 7) is 1.97. The van der Waals surface area contributed by atoms with E-state index in [4.69, 9.17) is 11.5 Å². The summed E-state index contributed by atoms with van der Waals surface area (Å²) in [5, 5.41) is 6.45. The Kier molecular flexibility index (Phi) is 5.37. The van der Waals surface area contributed by atoms with Crippen LogP contribution >= 0.6 is 0 Å². The Balaban J connectivity index is 0.000000246. The largest absolute Gasteiger partial charge is 0.397 e. The van der Waals surface area contributed by atoms with E-state index in [0.717, 1.165) is 16.8 Å². The predicted molar refractivity (Wildman–Crippen MR) is 94.0 cm³/mol. The minimum Gasteiger partial charge on any atom is -0.397 e. The van der Waals surface area contributed by atoms with Crippen molar-refractivity contribution >= 4 is 23.5 Å². The lowest BCUT2D eigenvalue weighted by Crippen LogP contribution is -1.93. The van der Waals surface area contributed by atoms with Gasteiger partial charge in [0.15, 0.2) is 0 Å². The molecule has 2 aromatic carbocycles. The van der Waals surface area contributed by atoms with Crippen molar-refractivity contribution in [2.24, 2.45) is 0 Å². The molecular weight excluding hydrogens is 272 g/mol. The number of aromatic nitrogens is 2. The van der Waals surface area contributed by atoms with E-state index in [1.165, 1.54) is 0 Å². The molecule has 1 aromatic heterocycles. The first kappa shape index (κ1) is 15.4. The molecule has 3 rings (SSSR count). The molecule has 4 heteroatoms. The fourth-order valence-corrected chi connectivity index (χ4v) is 1.78. The third-order valence-electron chi connectivity index (χ3n) is 3.02. The third-order valence-corrected chi connectivity index (χ3v) is 3.02. The molecule has 4 nitrogen and oxygen atoms in total. The summed E-state index contributed by atoms with van der Waals surface area (Å²) in [4.78, 5) is 0. The fourth-order valence-electron chi connectivity index (χ4n) is 1.78. The third kappa shape index (κ3) is 4.83. The number of H-pyrrole nitrogens is 1. The number of benzene rings is 2. The average molecular weight is 292 g/mol. The molecule has 5 N–H and O–H groups in total. The summed E-state index contributed by atoms with van der Waals surface area (Å²) >= 11 is 0. The lowest BCUT2D eigenvalue weighted by atomic mass is 10.1. The van der Waals surface area contributed by atoms with Gasteiger partial charge >= 0.3 is 0 Å². The summed E-state index contributed by atoms with van der Waals surface area (Å²) in [5.41, 5.74) is 15.9. The second-order valence-electron chi connectivity index (χ2n) is 4.87. The topological polar surface area (TPSA) is 80.7 Å². The van der Waals surface area contributed by atoms with Crippen molar-refractivity contribution < 1.29 is 0 Å². The van der Waals surface area contributed by atoms with Crippen LogP contribution in [-0.4, -0.2) is 10.2 Å². The normalized spacial score (nSPS) is 10.2.